The lowest BCUT2D eigenvalue weighted by molar-refractivity contribution is -0.0498. The zero-order chi connectivity index (χ0) is 18.4. The van der Waals surface area contributed by atoms with Gasteiger partial charge in [-0.2, -0.15) is 8.78 Å². The second-order valence-corrected chi connectivity index (χ2v) is 6.19. The maximum absolute atomic E-state index is 12.3. The molecular weight excluding hydrogens is 360 g/mol. The van der Waals surface area contributed by atoms with Crippen molar-refractivity contribution in [2.24, 2.45) is 0 Å². The molecule has 1 aromatic heterocycles. The molecule has 0 saturated heterocycles. The van der Waals surface area contributed by atoms with Crippen molar-refractivity contribution in [3.8, 4) is 11.5 Å². The minimum atomic E-state index is -2.88. The Balaban J connectivity index is 1.56. The van der Waals surface area contributed by atoms with Crippen molar-refractivity contribution in [2.45, 2.75) is 13.2 Å². The highest BCUT2D eigenvalue weighted by atomic mass is 32.1. The molecule has 1 heterocycles. The van der Waals surface area contributed by atoms with Crippen molar-refractivity contribution in [2.75, 3.05) is 5.32 Å². The molecule has 3 rings (SSSR count). The Bertz CT molecular complexity index is 851. The first-order valence-corrected chi connectivity index (χ1v) is 8.59. The van der Waals surface area contributed by atoms with Crippen molar-refractivity contribution in [1.82, 2.24) is 0 Å². The van der Waals surface area contributed by atoms with E-state index in [-0.39, 0.29) is 11.7 Å². The third-order valence-electron chi connectivity index (χ3n) is 3.36. The highest BCUT2D eigenvalue weighted by Gasteiger charge is 2.11. The number of carbonyl (C=O) groups is 1. The van der Waals surface area contributed by atoms with Gasteiger partial charge in [-0.05, 0) is 47.8 Å². The number of para-hydroxylation sites is 1. The van der Waals surface area contributed by atoms with Crippen molar-refractivity contribution in [3.05, 3.63) is 76.5 Å². The van der Waals surface area contributed by atoms with Crippen LogP contribution in [0.1, 0.15) is 15.2 Å². The molecule has 2 aromatic carbocycles. The van der Waals surface area contributed by atoms with Gasteiger partial charge in [0.05, 0.1) is 4.88 Å². The average Bonchev–Trinajstić information content (AvgIpc) is 3.11. The van der Waals surface area contributed by atoms with Crippen LogP contribution in [-0.4, -0.2) is 12.5 Å². The fourth-order valence-electron chi connectivity index (χ4n) is 2.17. The third-order valence-corrected chi connectivity index (χ3v) is 4.34. The van der Waals surface area contributed by atoms with Gasteiger partial charge in [-0.1, -0.05) is 18.2 Å². The number of hydrogen-bond acceptors (Lipinski definition) is 4. The summed E-state index contributed by atoms with van der Waals surface area (Å²) in [6.07, 6.45) is 0. The van der Waals surface area contributed by atoms with Crippen LogP contribution in [0.3, 0.4) is 0 Å². The molecule has 7 heteroatoms. The molecule has 0 saturated carbocycles. The van der Waals surface area contributed by atoms with Gasteiger partial charge in [0.2, 0.25) is 0 Å². The van der Waals surface area contributed by atoms with E-state index in [2.05, 4.69) is 10.1 Å². The first-order valence-electron chi connectivity index (χ1n) is 7.71. The van der Waals surface area contributed by atoms with Gasteiger partial charge in [0, 0.05) is 11.3 Å². The maximum Gasteiger partial charge on any atom is 0.387 e. The van der Waals surface area contributed by atoms with Gasteiger partial charge in [0.25, 0.3) is 5.91 Å². The Morgan fingerprint density at radius 3 is 2.46 bits per heavy atom. The van der Waals surface area contributed by atoms with E-state index in [0.29, 0.717) is 17.2 Å². The summed E-state index contributed by atoms with van der Waals surface area (Å²) < 4.78 is 34.2. The van der Waals surface area contributed by atoms with Crippen LogP contribution in [0.15, 0.2) is 66.0 Å². The Kier molecular flexibility index (Phi) is 5.80. The molecule has 0 aliphatic carbocycles. The number of anilines is 1. The highest BCUT2D eigenvalue weighted by Crippen LogP contribution is 2.21. The van der Waals surface area contributed by atoms with E-state index in [1.165, 1.54) is 35.6 Å². The van der Waals surface area contributed by atoms with E-state index < -0.39 is 6.61 Å². The van der Waals surface area contributed by atoms with Gasteiger partial charge in [-0.25, -0.2) is 0 Å². The number of alkyl halides is 2. The smallest absolute Gasteiger partial charge is 0.387 e. The summed E-state index contributed by atoms with van der Waals surface area (Å²) in [5, 5.41) is 4.57. The number of hydrogen-bond donors (Lipinski definition) is 1. The monoisotopic (exact) mass is 375 g/mol. The summed E-state index contributed by atoms with van der Waals surface area (Å²) in [6, 6.07) is 16.9. The van der Waals surface area contributed by atoms with Crippen LogP contribution in [-0.2, 0) is 6.61 Å². The first-order chi connectivity index (χ1) is 12.6. The predicted molar refractivity (Wildman–Crippen MR) is 96.1 cm³/mol. The standard InChI is InChI=1S/C19H15F2NO3S/c20-19(21)25-16-8-6-14(7-9-16)22-18(23)17-10-13(12-26-17)11-24-15-4-2-1-3-5-15/h1-10,12,19H,11H2,(H,22,23). The van der Waals surface area contributed by atoms with Gasteiger partial charge >= 0.3 is 6.61 Å². The summed E-state index contributed by atoms with van der Waals surface area (Å²) in [7, 11) is 0. The third kappa shape index (κ3) is 5.03. The average molecular weight is 375 g/mol. The summed E-state index contributed by atoms with van der Waals surface area (Å²) >= 11 is 1.31. The van der Waals surface area contributed by atoms with E-state index in [0.717, 1.165) is 11.3 Å². The zero-order valence-electron chi connectivity index (χ0n) is 13.5. The second kappa shape index (κ2) is 8.44. The molecule has 26 heavy (non-hydrogen) atoms. The summed E-state index contributed by atoms with van der Waals surface area (Å²) in [4.78, 5) is 12.8. The second-order valence-electron chi connectivity index (χ2n) is 5.28. The van der Waals surface area contributed by atoms with Crippen LogP contribution in [0.4, 0.5) is 14.5 Å². The SMILES string of the molecule is O=C(Nc1ccc(OC(F)F)cc1)c1cc(COc2ccccc2)cs1. The lowest BCUT2D eigenvalue weighted by atomic mass is 10.3. The zero-order valence-corrected chi connectivity index (χ0v) is 14.3. The van der Waals surface area contributed by atoms with Crippen molar-refractivity contribution >= 4 is 22.9 Å². The predicted octanol–water partition coefficient (Wildman–Crippen LogP) is 5.18. The lowest BCUT2D eigenvalue weighted by Gasteiger charge is -2.06. The van der Waals surface area contributed by atoms with Gasteiger partial charge in [-0.3, -0.25) is 4.79 Å². The van der Waals surface area contributed by atoms with Crippen LogP contribution in [0.5, 0.6) is 11.5 Å². The van der Waals surface area contributed by atoms with Gasteiger partial charge in [-0.15, -0.1) is 11.3 Å². The number of ether oxygens (including phenoxy) is 2. The molecule has 1 amide bonds. The molecular formula is C19H15F2NO3S. The van der Waals surface area contributed by atoms with Crippen LogP contribution >= 0.6 is 11.3 Å². The number of benzene rings is 2. The molecule has 0 radical (unpaired) electrons. The Morgan fingerprint density at radius 2 is 1.77 bits per heavy atom. The number of rotatable bonds is 7. The molecule has 0 aliphatic rings. The largest absolute Gasteiger partial charge is 0.489 e. The van der Waals surface area contributed by atoms with E-state index in [1.807, 2.05) is 35.7 Å². The van der Waals surface area contributed by atoms with Crippen LogP contribution in [0.25, 0.3) is 0 Å². The minimum Gasteiger partial charge on any atom is -0.489 e. The van der Waals surface area contributed by atoms with Crippen molar-refractivity contribution < 1.29 is 23.0 Å². The number of thiophene rings is 1. The van der Waals surface area contributed by atoms with Gasteiger partial charge in [0.1, 0.15) is 18.1 Å². The van der Waals surface area contributed by atoms with E-state index in [1.54, 1.807) is 6.07 Å². The fourth-order valence-corrected chi connectivity index (χ4v) is 2.96. The quantitative estimate of drug-likeness (QED) is 0.619. The highest BCUT2D eigenvalue weighted by molar-refractivity contribution is 7.12. The molecule has 3 aromatic rings. The summed E-state index contributed by atoms with van der Waals surface area (Å²) in [5.74, 6) is 0.522. The van der Waals surface area contributed by atoms with Gasteiger partial charge < -0.3 is 14.8 Å². The van der Waals surface area contributed by atoms with E-state index >= 15 is 0 Å². The molecule has 0 spiro atoms. The number of halogens is 2. The number of amides is 1. The summed E-state index contributed by atoms with van der Waals surface area (Å²) in [6.45, 7) is -2.51. The molecule has 4 nitrogen and oxygen atoms in total. The van der Waals surface area contributed by atoms with Crippen molar-refractivity contribution in [3.63, 3.8) is 0 Å². The lowest BCUT2D eigenvalue weighted by Crippen LogP contribution is -2.10. The Labute approximate surface area is 153 Å². The molecule has 1 N–H and O–H groups in total. The minimum absolute atomic E-state index is 0.0365. The van der Waals surface area contributed by atoms with Crippen LogP contribution in [0.2, 0.25) is 0 Å². The fraction of sp³-hybridized carbons (Fsp3) is 0.105. The van der Waals surface area contributed by atoms with Crippen LogP contribution in [0, 0.1) is 0 Å². The molecule has 0 unspecified atom stereocenters. The van der Waals surface area contributed by atoms with Gasteiger partial charge in [0.15, 0.2) is 0 Å². The Hall–Kier alpha value is -2.93. The summed E-state index contributed by atoms with van der Waals surface area (Å²) in [5.41, 5.74) is 1.39. The number of nitrogens with one attached hydrogen (secondary N) is 1. The van der Waals surface area contributed by atoms with E-state index in [9.17, 15) is 13.6 Å². The Morgan fingerprint density at radius 1 is 1.04 bits per heavy atom. The number of carbonyl (C=O) groups excluding carboxylic acids is 1. The molecule has 0 aliphatic heterocycles. The maximum atomic E-state index is 12.3. The van der Waals surface area contributed by atoms with Crippen molar-refractivity contribution in [1.29, 1.82) is 0 Å². The first kappa shape index (κ1) is 17.9. The molecule has 0 fully saturated rings. The van der Waals surface area contributed by atoms with Crippen LogP contribution < -0.4 is 14.8 Å². The normalized spacial score (nSPS) is 10.6. The molecule has 0 bridgehead atoms. The molecule has 134 valence electrons. The topological polar surface area (TPSA) is 47.6 Å². The molecule has 0 atom stereocenters. The van der Waals surface area contributed by atoms with E-state index in [4.69, 9.17) is 4.74 Å².